The number of hydrogen-bond donors (Lipinski definition) is 3. The van der Waals surface area contributed by atoms with Gasteiger partial charge < -0.3 is 16.0 Å². The van der Waals surface area contributed by atoms with Gasteiger partial charge in [-0.15, -0.1) is 35.7 Å². The van der Waals surface area contributed by atoms with Gasteiger partial charge in [-0.25, -0.2) is 4.39 Å². The summed E-state index contributed by atoms with van der Waals surface area (Å²) in [5.74, 6) is 1.45. The summed E-state index contributed by atoms with van der Waals surface area (Å²) in [6.07, 6.45) is 1.37. The number of hydrogen-bond acceptors (Lipinski definition) is 3. The third kappa shape index (κ3) is 12.0. The molecule has 0 spiro atoms. The number of halogens is 2. The zero-order chi connectivity index (χ0) is 17.8. The number of rotatable bonds is 9. The first kappa shape index (κ1) is 24.0. The summed E-state index contributed by atoms with van der Waals surface area (Å²) in [6, 6.07) is 6.68. The molecule has 0 saturated heterocycles. The van der Waals surface area contributed by atoms with Gasteiger partial charge >= 0.3 is 0 Å². The number of carbonyl (C=O) groups is 1. The number of nitrogens with zero attached hydrogens (tertiary/aromatic N) is 1. The molecule has 0 heterocycles. The molecule has 0 atom stereocenters. The first-order valence-corrected chi connectivity index (χ1v) is 9.12. The fraction of sp³-hybridized carbons (Fsp3) is 0.529. The molecule has 0 aliphatic rings. The van der Waals surface area contributed by atoms with Gasteiger partial charge in [0.2, 0.25) is 5.91 Å². The van der Waals surface area contributed by atoms with E-state index in [9.17, 15) is 9.18 Å². The van der Waals surface area contributed by atoms with Crippen molar-refractivity contribution in [2.45, 2.75) is 37.6 Å². The average Bonchev–Trinajstić information content (AvgIpc) is 2.54. The normalized spacial score (nSPS) is 11.0. The summed E-state index contributed by atoms with van der Waals surface area (Å²) in [4.78, 5) is 16.7. The smallest absolute Gasteiger partial charge is 0.221 e. The van der Waals surface area contributed by atoms with E-state index in [1.807, 2.05) is 13.8 Å². The SMILES string of the molecule is CN=C(NCCCSc1ccc(F)cc1)NCCC(=O)NC(C)C.I. The van der Waals surface area contributed by atoms with Crippen LogP contribution in [-0.2, 0) is 4.79 Å². The minimum atomic E-state index is -0.210. The summed E-state index contributed by atoms with van der Waals surface area (Å²) in [5, 5.41) is 9.18. The number of thioether (sulfide) groups is 1. The molecule has 1 aromatic rings. The Hall–Kier alpha value is -1.03. The largest absolute Gasteiger partial charge is 0.356 e. The van der Waals surface area contributed by atoms with Crippen LogP contribution in [0.1, 0.15) is 26.7 Å². The second-order valence-electron chi connectivity index (χ2n) is 5.55. The van der Waals surface area contributed by atoms with Crippen molar-refractivity contribution in [1.29, 1.82) is 0 Å². The Balaban J connectivity index is 0.00000576. The number of aliphatic imine (C=N–C) groups is 1. The molecule has 0 fully saturated rings. The van der Waals surface area contributed by atoms with Crippen LogP contribution in [0, 0.1) is 5.82 Å². The van der Waals surface area contributed by atoms with Gasteiger partial charge in [-0.3, -0.25) is 9.79 Å². The number of nitrogens with one attached hydrogen (secondary N) is 3. The van der Waals surface area contributed by atoms with Gasteiger partial charge in [-0.1, -0.05) is 0 Å². The molecule has 0 saturated carbocycles. The Morgan fingerprint density at radius 1 is 1.20 bits per heavy atom. The molecule has 8 heteroatoms. The number of amides is 1. The van der Waals surface area contributed by atoms with Gasteiger partial charge in [0.15, 0.2) is 5.96 Å². The van der Waals surface area contributed by atoms with Gasteiger partial charge in [-0.2, -0.15) is 0 Å². The lowest BCUT2D eigenvalue weighted by atomic mass is 10.3. The maximum absolute atomic E-state index is 12.8. The summed E-state index contributed by atoms with van der Waals surface area (Å²) in [7, 11) is 1.71. The van der Waals surface area contributed by atoms with E-state index < -0.39 is 0 Å². The average molecular weight is 482 g/mol. The molecule has 1 aromatic carbocycles. The van der Waals surface area contributed by atoms with Crippen LogP contribution in [0.4, 0.5) is 4.39 Å². The first-order chi connectivity index (χ1) is 11.5. The molecule has 0 aliphatic carbocycles. The molecule has 25 heavy (non-hydrogen) atoms. The van der Waals surface area contributed by atoms with E-state index in [0.717, 1.165) is 23.6 Å². The molecule has 1 rings (SSSR count). The molecular formula is C17H28FIN4OS. The minimum absolute atomic E-state index is 0. The lowest BCUT2D eigenvalue weighted by Gasteiger charge is -2.12. The van der Waals surface area contributed by atoms with Crippen molar-refractivity contribution in [3.63, 3.8) is 0 Å². The van der Waals surface area contributed by atoms with Crippen molar-refractivity contribution in [1.82, 2.24) is 16.0 Å². The molecule has 0 aromatic heterocycles. The highest BCUT2D eigenvalue weighted by Gasteiger charge is 2.03. The zero-order valence-corrected chi connectivity index (χ0v) is 18.1. The molecule has 1 amide bonds. The third-order valence-corrected chi connectivity index (χ3v) is 4.11. The second kappa shape index (κ2) is 14.2. The summed E-state index contributed by atoms with van der Waals surface area (Å²) >= 11 is 1.70. The summed E-state index contributed by atoms with van der Waals surface area (Å²) < 4.78 is 12.8. The van der Waals surface area contributed by atoms with Gasteiger partial charge in [0.05, 0.1) is 0 Å². The number of benzene rings is 1. The Morgan fingerprint density at radius 3 is 2.44 bits per heavy atom. The van der Waals surface area contributed by atoms with Crippen molar-refractivity contribution in [3.05, 3.63) is 30.1 Å². The molecule has 0 bridgehead atoms. The predicted octanol–water partition coefficient (Wildman–Crippen LogP) is 3.01. The van der Waals surface area contributed by atoms with E-state index >= 15 is 0 Å². The highest BCUT2D eigenvalue weighted by Crippen LogP contribution is 2.18. The van der Waals surface area contributed by atoms with Crippen LogP contribution in [0.15, 0.2) is 34.2 Å². The standard InChI is InChI=1S/C17H27FN4OS.HI/c1-13(2)22-16(23)9-11-21-17(19-3)20-10-4-12-24-15-7-5-14(18)6-8-15;/h5-8,13H,4,9-12H2,1-3H3,(H,22,23)(H2,19,20,21);1H. The highest BCUT2D eigenvalue weighted by atomic mass is 127. The fourth-order valence-corrected chi connectivity index (χ4v) is 2.76. The first-order valence-electron chi connectivity index (χ1n) is 8.13. The van der Waals surface area contributed by atoms with E-state index in [1.165, 1.54) is 12.1 Å². The van der Waals surface area contributed by atoms with E-state index in [-0.39, 0.29) is 41.7 Å². The Labute approximate surface area is 171 Å². The summed E-state index contributed by atoms with van der Waals surface area (Å²) in [5.41, 5.74) is 0. The lowest BCUT2D eigenvalue weighted by Crippen LogP contribution is -2.40. The van der Waals surface area contributed by atoms with E-state index in [4.69, 9.17) is 0 Å². The van der Waals surface area contributed by atoms with E-state index in [2.05, 4.69) is 20.9 Å². The Bertz CT molecular complexity index is 526. The molecule has 0 aliphatic heterocycles. The van der Waals surface area contributed by atoms with E-state index in [1.54, 1.807) is 30.9 Å². The molecule has 142 valence electrons. The Kier molecular flexibility index (Phi) is 13.6. The minimum Gasteiger partial charge on any atom is -0.356 e. The van der Waals surface area contributed by atoms with Gasteiger partial charge in [0.25, 0.3) is 0 Å². The van der Waals surface area contributed by atoms with Crippen molar-refractivity contribution in [2.24, 2.45) is 4.99 Å². The molecular weight excluding hydrogens is 454 g/mol. The molecule has 0 unspecified atom stereocenters. The van der Waals surface area contributed by atoms with Gasteiger partial charge in [0.1, 0.15) is 5.82 Å². The van der Waals surface area contributed by atoms with Crippen LogP contribution in [-0.4, -0.2) is 43.8 Å². The Morgan fingerprint density at radius 2 is 1.84 bits per heavy atom. The molecule has 5 nitrogen and oxygen atoms in total. The maximum atomic E-state index is 12.8. The summed E-state index contributed by atoms with van der Waals surface area (Å²) in [6.45, 7) is 5.21. The van der Waals surface area contributed by atoms with Crippen LogP contribution < -0.4 is 16.0 Å². The van der Waals surface area contributed by atoms with Crippen molar-refractivity contribution >= 4 is 47.6 Å². The topological polar surface area (TPSA) is 65.5 Å². The van der Waals surface area contributed by atoms with Crippen LogP contribution in [0.3, 0.4) is 0 Å². The van der Waals surface area contributed by atoms with Crippen molar-refractivity contribution in [2.75, 3.05) is 25.9 Å². The molecule has 0 radical (unpaired) electrons. The highest BCUT2D eigenvalue weighted by molar-refractivity contribution is 14.0. The van der Waals surface area contributed by atoms with Crippen molar-refractivity contribution in [3.8, 4) is 0 Å². The third-order valence-electron chi connectivity index (χ3n) is 3.01. The van der Waals surface area contributed by atoms with Crippen LogP contribution in [0.5, 0.6) is 0 Å². The number of guanidine groups is 1. The van der Waals surface area contributed by atoms with Crippen molar-refractivity contribution < 1.29 is 9.18 Å². The molecule has 3 N–H and O–H groups in total. The lowest BCUT2D eigenvalue weighted by molar-refractivity contribution is -0.121. The fourth-order valence-electron chi connectivity index (χ4n) is 1.91. The second-order valence-corrected chi connectivity index (χ2v) is 6.72. The van der Waals surface area contributed by atoms with Gasteiger partial charge in [-0.05, 0) is 50.3 Å². The number of carbonyl (C=O) groups excluding carboxylic acids is 1. The quantitative estimate of drug-likeness (QED) is 0.167. The van der Waals surface area contributed by atoms with E-state index in [0.29, 0.717) is 18.9 Å². The zero-order valence-electron chi connectivity index (χ0n) is 15.0. The maximum Gasteiger partial charge on any atom is 0.221 e. The van der Waals surface area contributed by atoms with Gasteiger partial charge in [0, 0.05) is 37.5 Å². The van der Waals surface area contributed by atoms with Crippen LogP contribution in [0.2, 0.25) is 0 Å². The van der Waals surface area contributed by atoms with Crippen LogP contribution in [0.25, 0.3) is 0 Å². The predicted molar refractivity (Wildman–Crippen MR) is 114 cm³/mol. The monoisotopic (exact) mass is 482 g/mol. The van der Waals surface area contributed by atoms with Crippen LogP contribution >= 0.6 is 35.7 Å².